The Balaban J connectivity index is 1.36. The summed E-state index contributed by atoms with van der Waals surface area (Å²) in [4.78, 5) is 11.8. The van der Waals surface area contributed by atoms with Gasteiger partial charge in [0, 0.05) is 23.8 Å². The van der Waals surface area contributed by atoms with Crippen LogP contribution in [0.1, 0.15) is 18.4 Å². The lowest BCUT2D eigenvalue weighted by Gasteiger charge is -2.36. The van der Waals surface area contributed by atoms with Gasteiger partial charge in [0.05, 0.1) is 7.11 Å². The second-order valence-electron chi connectivity index (χ2n) is 5.95. The Morgan fingerprint density at radius 3 is 2.62 bits per heavy atom. The number of rotatable bonds is 6. The van der Waals surface area contributed by atoms with Crippen LogP contribution in [-0.2, 0) is 11.3 Å². The lowest BCUT2D eigenvalue weighted by atomic mass is 9.86. The molecular formula is C19H22N2O3. The SMILES string of the molecule is COc1cccc(NC2CC(NC(=O)OCc3ccccc3)C2)c1. The van der Waals surface area contributed by atoms with Crippen LogP contribution >= 0.6 is 0 Å². The third-order valence-electron chi connectivity index (χ3n) is 4.11. The maximum Gasteiger partial charge on any atom is 0.407 e. The standard InChI is InChI=1S/C19H22N2O3/c1-23-18-9-5-8-15(12-18)20-16-10-17(11-16)21-19(22)24-13-14-6-3-2-4-7-14/h2-9,12,16-17,20H,10-11,13H2,1H3,(H,21,22). The van der Waals surface area contributed by atoms with Gasteiger partial charge in [-0.3, -0.25) is 0 Å². The number of benzene rings is 2. The largest absolute Gasteiger partial charge is 0.497 e. The van der Waals surface area contributed by atoms with Gasteiger partial charge in [0.1, 0.15) is 12.4 Å². The van der Waals surface area contributed by atoms with Gasteiger partial charge in [-0.15, -0.1) is 0 Å². The molecule has 0 heterocycles. The first-order chi connectivity index (χ1) is 11.7. The monoisotopic (exact) mass is 326 g/mol. The smallest absolute Gasteiger partial charge is 0.407 e. The van der Waals surface area contributed by atoms with E-state index in [1.54, 1.807) is 7.11 Å². The van der Waals surface area contributed by atoms with Crippen LogP contribution in [0.5, 0.6) is 5.75 Å². The van der Waals surface area contributed by atoms with E-state index in [1.807, 2.05) is 54.6 Å². The van der Waals surface area contributed by atoms with Crippen LogP contribution in [0.3, 0.4) is 0 Å². The number of carbonyl (C=O) groups is 1. The first kappa shape index (κ1) is 16.2. The predicted octanol–water partition coefficient (Wildman–Crippen LogP) is 3.56. The van der Waals surface area contributed by atoms with E-state index in [0.717, 1.165) is 29.8 Å². The number of alkyl carbamates (subject to hydrolysis) is 1. The Bertz CT molecular complexity index is 669. The van der Waals surface area contributed by atoms with Crippen molar-refractivity contribution in [1.82, 2.24) is 5.32 Å². The number of anilines is 1. The van der Waals surface area contributed by atoms with E-state index in [9.17, 15) is 4.79 Å². The van der Waals surface area contributed by atoms with Crippen molar-refractivity contribution in [2.45, 2.75) is 31.5 Å². The summed E-state index contributed by atoms with van der Waals surface area (Å²) in [5.41, 5.74) is 2.02. The molecule has 1 amide bonds. The molecule has 0 atom stereocenters. The average molecular weight is 326 g/mol. The molecule has 0 radical (unpaired) electrons. The average Bonchev–Trinajstić information content (AvgIpc) is 2.59. The first-order valence-electron chi connectivity index (χ1n) is 8.11. The van der Waals surface area contributed by atoms with Crippen molar-refractivity contribution in [2.75, 3.05) is 12.4 Å². The molecule has 3 rings (SSSR count). The number of ether oxygens (including phenoxy) is 2. The van der Waals surface area contributed by atoms with Crippen molar-refractivity contribution >= 4 is 11.8 Å². The van der Waals surface area contributed by atoms with Crippen LogP contribution < -0.4 is 15.4 Å². The van der Waals surface area contributed by atoms with E-state index >= 15 is 0 Å². The molecule has 0 saturated heterocycles. The zero-order chi connectivity index (χ0) is 16.8. The third-order valence-corrected chi connectivity index (χ3v) is 4.11. The summed E-state index contributed by atoms with van der Waals surface area (Å²) in [5.74, 6) is 0.832. The summed E-state index contributed by atoms with van der Waals surface area (Å²) in [5, 5.41) is 6.34. The Kier molecular flexibility index (Phi) is 5.21. The molecule has 5 nitrogen and oxygen atoms in total. The molecule has 0 unspecified atom stereocenters. The van der Waals surface area contributed by atoms with Crippen molar-refractivity contribution in [1.29, 1.82) is 0 Å². The maximum atomic E-state index is 11.8. The number of methoxy groups -OCH3 is 1. The topological polar surface area (TPSA) is 59.6 Å². The fraction of sp³-hybridized carbons (Fsp3) is 0.316. The summed E-state index contributed by atoms with van der Waals surface area (Å²) in [6, 6.07) is 18.0. The Labute approximate surface area is 142 Å². The van der Waals surface area contributed by atoms with E-state index in [0.29, 0.717) is 12.6 Å². The van der Waals surface area contributed by atoms with Gasteiger partial charge in [-0.1, -0.05) is 36.4 Å². The van der Waals surface area contributed by atoms with Gasteiger partial charge in [0.25, 0.3) is 0 Å². The predicted molar refractivity (Wildman–Crippen MR) is 93.2 cm³/mol. The van der Waals surface area contributed by atoms with Crippen LogP contribution in [0.2, 0.25) is 0 Å². The highest BCUT2D eigenvalue weighted by Gasteiger charge is 2.30. The van der Waals surface area contributed by atoms with Gasteiger partial charge in [-0.05, 0) is 30.5 Å². The molecular weight excluding hydrogens is 304 g/mol. The molecule has 24 heavy (non-hydrogen) atoms. The fourth-order valence-corrected chi connectivity index (χ4v) is 2.73. The molecule has 2 aromatic carbocycles. The Morgan fingerprint density at radius 1 is 1.08 bits per heavy atom. The van der Waals surface area contributed by atoms with Crippen LogP contribution in [0.25, 0.3) is 0 Å². The Hall–Kier alpha value is -2.69. The first-order valence-corrected chi connectivity index (χ1v) is 8.11. The summed E-state index contributed by atoms with van der Waals surface area (Å²) in [6.45, 7) is 0.297. The number of carbonyl (C=O) groups excluding carboxylic acids is 1. The number of amides is 1. The van der Waals surface area contributed by atoms with Crippen molar-refractivity contribution in [3.63, 3.8) is 0 Å². The second kappa shape index (κ2) is 7.73. The van der Waals surface area contributed by atoms with Crippen molar-refractivity contribution in [2.24, 2.45) is 0 Å². The van der Waals surface area contributed by atoms with Crippen molar-refractivity contribution in [3.8, 4) is 5.75 Å². The lowest BCUT2D eigenvalue weighted by Crippen LogP contribution is -2.49. The van der Waals surface area contributed by atoms with E-state index < -0.39 is 0 Å². The summed E-state index contributed by atoms with van der Waals surface area (Å²) < 4.78 is 10.4. The maximum absolute atomic E-state index is 11.8. The van der Waals surface area contributed by atoms with Crippen molar-refractivity contribution < 1.29 is 14.3 Å². The molecule has 0 aliphatic heterocycles. The molecule has 0 bridgehead atoms. The van der Waals surface area contributed by atoms with Gasteiger partial charge in [0.2, 0.25) is 0 Å². The Morgan fingerprint density at radius 2 is 1.88 bits per heavy atom. The number of nitrogens with one attached hydrogen (secondary N) is 2. The minimum Gasteiger partial charge on any atom is -0.497 e. The van der Waals surface area contributed by atoms with Gasteiger partial charge in [-0.25, -0.2) is 4.79 Å². The van der Waals surface area contributed by atoms with Crippen molar-refractivity contribution in [3.05, 3.63) is 60.2 Å². The highest BCUT2D eigenvalue weighted by molar-refractivity contribution is 5.67. The zero-order valence-corrected chi connectivity index (χ0v) is 13.7. The molecule has 0 aromatic heterocycles. The van der Waals surface area contributed by atoms with E-state index in [-0.39, 0.29) is 12.1 Å². The molecule has 1 saturated carbocycles. The summed E-state index contributed by atoms with van der Waals surface area (Å²) >= 11 is 0. The van der Waals surface area contributed by atoms with Gasteiger partial charge in [-0.2, -0.15) is 0 Å². The summed E-state index contributed by atoms with van der Waals surface area (Å²) in [6.07, 6.45) is 1.42. The molecule has 2 aromatic rings. The minimum absolute atomic E-state index is 0.163. The molecule has 1 aliphatic carbocycles. The van der Waals surface area contributed by atoms with Gasteiger partial charge >= 0.3 is 6.09 Å². The molecule has 126 valence electrons. The summed E-state index contributed by atoms with van der Waals surface area (Å²) in [7, 11) is 1.66. The van der Waals surface area contributed by atoms with E-state index in [4.69, 9.17) is 9.47 Å². The van der Waals surface area contributed by atoms with E-state index in [1.165, 1.54) is 0 Å². The third kappa shape index (κ3) is 4.41. The molecule has 5 heteroatoms. The highest BCUT2D eigenvalue weighted by atomic mass is 16.5. The normalized spacial score (nSPS) is 19.0. The lowest BCUT2D eigenvalue weighted by molar-refractivity contribution is 0.129. The zero-order valence-electron chi connectivity index (χ0n) is 13.7. The van der Waals surface area contributed by atoms with Crippen LogP contribution in [0, 0.1) is 0 Å². The number of hydrogen-bond acceptors (Lipinski definition) is 4. The number of hydrogen-bond donors (Lipinski definition) is 2. The van der Waals surface area contributed by atoms with Gasteiger partial charge in [0.15, 0.2) is 0 Å². The highest BCUT2D eigenvalue weighted by Crippen LogP contribution is 2.26. The van der Waals surface area contributed by atoms with Gasteiger partial charge < -0.3 is 20.1 Å². The van der Waals surface area contributed by atoms with Crippen LogP contribution in [0.4, 0.5) is 10.5 Å². The molecule has 1 fully saturated rings. The minimum atomic E-state index is -0.358. The molecule has 2 N–H and O–H groups in total. The molecule has 0 spiro atoms. The quantitative estimate of drug-likeness (QED) is 0.852. The van der Waals surface area contributed by atoms with E-state index in [2.05, 4.69) is 10.6 Å². The fourth-order valence-electron chi connectivity index (χ4n) is 2.73. The molecule has 1 aliphatic rings. The second-order valence-corrected chi connectivity index (χ2v) is 5.95. The van der Waals surface area contributed by atoms with Crippen LogP contribution in [0.15, 0.2) is 54.6 Å². The van der Waals surface area contributed by atoms with Crippen LogP contribution in [-0.4, -0.2) is 25.3 Å².